The van der Waals surface area contributed by atoms with Crippen molar-refractivity contribution in [2.24, 2.45) is 0 Å². The molecule has 0 radical (unpaired) electrons. The van der Waals surface area contributed by atoms with E-state index in [2.05, 4.69) is 4.74 Å². The van der Waals surface area contributed by atoms with Gasteiger partial charge in [-0.3, -0.25) is 4.90 Å². The SMILES string of the molecule is CCO[SiH](OCC)OCC.COC(=O)[C@@H]1C[C@@H](O)CN1C(=O)OC(C)(C)C. The third-order valence-corrected chi connectivity index (χ3v) is 5.11. The molecule has 1 rings (SSSR count). The van der Waals surface area contributed by atoms with Crippen LogP contribution in [0.25, 0.3) is 0 Å². The molecule has 10 heteroatoms. The van der Waals surface area contributed by atoms with E-state index in [0.717, 1.165) is 0 Å². The van der Waals surface area contributed by atoms with E-state index in [4.69, 9.17) is 18.0 Å². The van der Waals surface area contributed by atoms with Gasteiger partial charge in [0.05, 0.1) is 19.8 Å². The Labute approximate surface area is 163 Å². The molecule has 9 nitrogen and oxygen atoms in total. The molecular weight excluding hydrogens is 374 g/mol. The van der Waals surface area contributed by atoms with Gasteiger partial charge in [0.1, 0.15) is 11.6 Å². The van der Waals surface area contributed by atoms with Gasteiger partial charge in [-0.25, -0.2) is 9.59 Å². The molecule has 1 amide bonds. The Balaban J connectivity index is 0.000000580. The van der Waals surface area contributed by atoms with Crippen LogP contribution in [-0.2, 0) is 27.5 Å². The van der Waals surface area contributed by atoms with Crippen LogP contribution in [0.4, 0.5) is 4.79 Å². The molecule has 1 aliphatic heterocycles. The number of aliphatic hydroxyl groups is 1. The van der Waals surface area contributed by atoms with E-state index in [1.807, 2.05) is 20.8 Å². The molecule has 0 aromatic heterocycles. The molecule has 0 aromatic rings. The Morgan fingerprint density at radius 3 is 1.93 bits per heavy atom. The van der Waals surface area contributed by atoms with Crippen LogP contribution < -0.4 is 0 Å². The van der Waals surface area contributed by atoms with Gasteiger partial charge in [0.25, 0.3) is 0 Å². The summed E-state index contributed by atoms with van der Waals surface area (Å²) in [7, 11) is -0.483. The lowest BCUT2D eigenvalue weighted by atomic mass is 10.2. The minimum absolute atomic E-state index is 0.0919. The summed E-state index contributed by atoms with van der Waals surface area (Å²) in [4.78, 5) is 24.5. The number of aliphatic hydroxyl groups excluding tert-OH is 1. The maximum Gasteiger partial charge on any atom is 0.484 e. The van der Waals surface area contributed by atoms with Gasteiger partial charge in [-0.15, -0.1) is 0 Å². The average Bonchev–Trinajstić information content (AvgIpc) is 2.96. The molecule has 1 heterocycles. The fraction of sp³-hybridized carbons (Fsp3) is 0.882. The highest BCUT2D eigenvalue weighted by atomic mass is 28.3. The zero-order valence-corrected chi connectivity index (χ0v) is 18.7. The first-order valence-corrected chi connectivity index (χ1v) is 10.6. The predicted molar refractivity (Wildman–Crippen MR) is 101 cm³/mol. The van der Waals surface area contributed by atoms with Crippen molar-refractivity contribution in [3.63, 3.8) is 0 Å². The number of esters is 1. The van der Waals surface area contributed by atoms with Crippen LogP contribution in [0.1, 0.15) is 48.0 Å². The summed E-state index contributed by atoms with van der Waals surface area (Å²) in [5.41, 5.74) is -0.634. The van der Waals surface area contributed by atoms with Gasteiger partial charge in [0.15, 0.2) is 0 Å². The van der Waals surface area contributed by atoms with Crippen LogP contribution in [0.5, 0.6) is 0 Å². The van der Waals surface area contributed by atoms with Gasteiger partial charge in [-0.05, 0) is 41.5 Å². The summed E-state index contributed by atoms with van der Waals surface area (Å²) in [6.45, 7) is 13.2. The molecule has 1 aliphatic rings. The van der Waals surface area contributed by atoms with E-state index in [1.54, 1.807) is 20.8 Å². The minimum atomic E-state index is -1.73. The molecule has 2 atom stereocenters. The fourth-order valence-corrected chi connectivity index (χ4v) is 3.35. The second kappa shape index (κ2) is 13.1. The van der Waals surface area contributed by atoms with Crippen molar-refractivity contribution in [2.75, 3.05) is 33.5 Å². The van der Waals surface area contributed by atoms with E-state index >= 15 is 0 Å². The zero-order valence-electron chi connectivity index (χ0n) is 17.5. The lowest BCUT2D eigenvalue weighted by Gasteiger charge is -2.27. The van der Waals surface area contributed by atoms with Crippen molar-refractivity contribution in [3.05, 3.63) is 0 Å². The van der Waals surface area contributed by atoms with Gasteiger partial charge >= 0.3 is 21.6 Å². The van der Waals surface area contributed by atoms with E-state index in [-0.39, 0.29) is 13.0 Å². The summed E-state index contributed by atoms with van der Waals surface area (Å²) in [5, 5.41) is 9.50. The number of methoxy groups -OCH3 is 1. The van der Waals surface area contributed by atoms with Crippen LogP contribution in [0.2, 0.25) is 0 Å². The maximum atomic E-state index is 11.8. The highest BCUT2D eigenvalue weighted by Gasteiger charge is 2.41. The van der Waals surface area contributed by atoms with Gasteiger partial charge in [0.2, 0.25) is 0 Å². The zero-order chi connectivity index (χ0) is 21.0. The number of nitrogens with zero attached hydrogens (tertiary/aromatic N) is 1. The molecule has 0 aromatic carbocycles. The first-order valence-electron chi connectivity index (χ1n) is 9.19. The predicted octanol–water partition coefficient (Wildman–Crippen LogP) is 1.34. The molecule has 1 saturated heterocycles. The number of β-amino-alcohol motifs (C(OH)–C–C–N with tert-alkyl or cyclic N) is 1. The monoisotopic (exact) mass is 409 g/mol. The van der Waals surface area contributed by atoms with Crippen molar-refractivity contribution >= 4 is 21.6 Å². The van der Waals surface area contributed by atoms with E-state index in [1.165, 1.54) is 12.0 Å². The number of likely N-dealkylation sites (tertiary alicyclic amines) is 1. The third kappa shape index (κ3) is 10.6. The average molecular weight is 410 g/mol. The number of amides is 1. The molecule has 160 valence electrons. The van der Waals surface area contributed by atoms with Crippen LogP contribution in [-0.4, -0.2) is 82.8 Å². The topological polar surface area (TPSA) is 104 Å². The largest absolute Gasteiger partial charge is 0.484 e. The van der Waals surface area contributed by atoms with Crippen molar-refractivity contribution in [1.82, 2.24) is 4.90 Å². The normalized spacial score (nSPS) is 19.5. The third-order valence-electron chi connectivity index (χ3n) is 3.29. The standard InChI is InChI=1S/C11H19NO5.C6H16O3Si/c1-11(2,3)17-10(15)12-6-7(13)5-8(12)9(14)16-4;1-4-7-10(8-5-2)9-6-3/h7-8,13H,5-6H2,1-4H3;10H,4-6H2,1-3H3/t7-,8+;/m1./s1. The van der Waals surface area contributed by atoms with Crippen molar-refractivity contribution in [1.29, 1.82) is 0 Å². The first kappa shape index (κ1) is 25.8. The molecule has 0 aliphatic carbocycles. The second-order valence-electron chi connectivity index (χ2n) is 6.72. The molecule has 0 bridgehead atoms. The number of ether oxygens (including phenoxy) is 2. The molecule has 27 heavy (non-hydrogen) atoms. The molecule has 0 saturated carbocycles. The molecule has 0 unspecified atom stereocenters. The Hall–Kier alpha value is -1.20. The smallest absolute Gasteiger partial charge is 0.467 e. The molecule has 0 spiro atoms. The summed E-state index contributed by atoms with van der Waals surface area (Å²) in [5.74, 6) is -0.535. The van der Waals surface area contributed by atoms with Gasteiger partial charge in [-0.2, -0.15) is 0 Å². The van der Waals surface area contributed by atoms with Gasteiger partial charge in [0, 0.05) is 26.2 Å². The maximum absolute atomic E-state index is 11.8. The number of carbonyl (C=O) groups excluding carboxylic acids is 2. The number of hydrogen-bond acceptors (Lipinski definition) is 8. The summed E-state index contributed by atoms with van der Waals surface area (Å²) >= 11 is 0. The summed E-state index contributed by atoms with van der Waals surface area (Å²) < 4.78 is 25.4. The van der Waals surface area contributed by atoms with Crippen molar-refractivity contribution in [3.8, 4) is 0 Å². The molecule has 1 N–H and O–H groups in total. The highest BCUT2D eigenvalue weighted by Crippen LogP contribution is 2.22. The van der Waals surface area contributed by atoms with Crippen LogP contribution in [0.3, 0.4) is 0 Å². The van der Waals surface area contributed by atoms with Gasteiger partial charge in [-0.1, -0.05) is 0 Å². The molecule has 1 fully saturated rings. The Morgan fingerprint density at radius 1 is 1.07 bits per heavy atom. The van der Waals surface area contributed by atoms with Crippen LogP contribution >= 0.6 is 0 Å². The lowest BCUT2D eigenvalue weighted by molar-refractivity contribution is -0.145. The highest BCUT2D eigenvalue weighted by molar-refractivity contribution is 6.36. The Bertz CT molecular complexity index is 429. The van der Waals surface area contributed by atoms with E-state index in [9.17, 15) is 14.7 Å². The number of hydrogen-bond donors (Lipinski definition) is 1. The number of rotatable bonds is 7. The number of carbonyl (C=O) groups is 2. The summed E-state index contributed by atoms with van der Waals surface area (Å²) in [6.07, 6.45) is -1.14. The van der Waals surface area contributed by atoms with E-state index < -0.39 is 39.3 Å². The first-order chi connectivity index (χ1) is 12.6. The Morgan fingerprint density at radius 2 is 1.56 bits per heavy atom. The lowest BCUT2D eigenvalue weighted by Crippen LogP contribution is -2.43. The van der Waals surface area contributed by atoms with Crippen molar-refractivity contribution < 1.29 is 37.4 Å². The second-order valence-corrected chi connectivity index (χ2v) is 8.29. The van der Waals surface area contributed by atoms with Crippen LogP contribution in [0.15, 0.2) is 0 Å². The van der Waals surface area contributed by atoms with E-state index in [0.29, 0.717) is 19.8 Å². The fourth-order valence-electron chi connectivity index (χ4n) is 2.25. The quantitative estimate of drug-likeness (QED) is 0.496. The Kier molecular flexibility index (Phi) is 12.5. The molecular formula is C17H35NO8Si. The summed E-state index contributed by atoms with van der Waals surface area (Å²) in [6, 6.07) is -0.759. The minimum Gasteiger partial charge on any atom is -0.467 e. The van der Waals surface area contributed by atoms with Gasteiger partial charge < -0.3 is 27.9 Å². The van der Waals surface area contributed by atoms with Crippen LogP contribution in [0, 0.1) is 0 Å². The van der Waals surface area contributed by atoms with Crippen molar-refractivity contribution in [2.45, 2.75) is 65.7 Å².